The van der Waals surface area contributed by atoms with E-state index in [9.17, 15) is 14.4 Å². The molecule has 1 aromatic rings. The lowest BCUT2D eigenvalue weighted by atomic mass is 9.64. The van der Waals surface area contributed by atoms with Gasteiger partial charge in [0, 0.05) is 34.6 Å². The summed E-state index contributed by atoms with van der Waals surface area (Å²) in [5.41, 5.74) is 0.130. The fraction of sp³-hybridized carbons (Fsp3) is 0.656. The van der Waals surface area contributed by atoms with Crippen LogP contribution >= 0.6 is 23.2 Å². The summed E-state index contributed by atoms with van der Waals surface area (Å²) in [7, 11) is 1.38. The van der Waals surface area contributed by atoms with Gasteiger partial charge in [0.15, 0.2) is 0 Å². The monoisotopic (exact) mass is 604 g/mol. The van der Waals surface area contributed by atoms with E-state index in [1.54, 1.807) is 23.1 Å². The Labute approximate surface area is 253 Å². The number of fused-ring (bicyclic) bond motifs is 1. The van der Waals surface area contributed by atoms with Gasteiger partial charge in [-0.15, -0.1) is 0 Å². The summed E-state index contributed by atoms with van der Waals surface area (Å²) in [5, 5.41) is 4.03. The first-order valence-corrected chi connectivity index (χ1v) is 15.9. The summed E-state index contributed by atoms with van der Waals surface area (Å²) < 4.78 is 12.1. The number of rotatable bonds is 9. The Hall–Kier alpha value is -2.09. The van der Waals surface area contributed by atoms with Gasteiger partial charge in [-0.1, -0.05) is 62.4 Å². The molecule has 7 nitrogen and oxygen atoms in total. The Balaban J connectivity index is 1.51. The number of nitrogens with zero attached hydrogens (tertiary/aromatic N) is 1. The molecule has 5 rings (SSSR count). The summed E-state index contributed by atoms with van der Waals surface area (Å²) in [4.78, 5) is 43.1. The smallest absolute Gasteiger partial charge is 0.320 e. The third-order valence-corrected chi connectivity index (χ3v) is 9.97. The highest BCUT2D eigenvalue weighted by molar-refractivity contribution is 6.35. The average Bonchev–Trinajstić information content (AvgIpc) is 3.80. The van der Waals surface area contributed by atoms with Gasteiger partial charge in [-0.2, -0.15) is 0 Å². The van der Waals surface area contributed by atoms with Gasteiger partial charge in [-0.3, -0.25) is 14.4 Å². The van der Waals surface area contributed by atoms with Crippen molar-refractivity contribution in [2.24, 2.45) is 29.1 Å². The number of hydrogen-bond acceptors (Lipinski definition) is 5. The van der Waals surface area contributed by atoms with Crippen LogP contribution in [-0.2, 0) is 30.4 Å². The number of ether oxygens (including phenoxy) is 2. The van der Waals surface area contributed by atoms with E-state index in [1.165, 1.54) is 26.4 Å². The minimum Gasteiger partial charge on any atom is -0.468 e. The predicted molar refractivity (Wildman–Crippen MR) is 158 cm³/mol. The molecule has 224 valence electrons. The molecule has 0 radical (unpaired) electrons. The second-order valence-corrected chi connectivity index (χ2v) is 13.5. The van der Waals surface area contributed by atoms with E-state index in [0.717, 1.165) is 25.7 Å². The molecule has 0 bridgehead atoms. The Bertz CT molecular complexity index is 1190. The van der Waals surface area contributed by atoms with E-state index in [1.807, 2.05) is 6.08 Å². The first-order valence-electron chi connectivity index (χ1n) is 15.1. The number of methoxy groups -OCH3 is 1. The minimum absolute atomic E-state index is 0.00736. The van der Waals surface area contributed by atoms with Crippen molar-refractivity contribution in [1.29, 1.82) is 0 Å². The van der Waals surface area contributed by atoms with Crippen LogP contribution in [0.2, 0.25) is 10.0 Å². The van der Waals surface area contributed by atoms with Crippen molar-refractivity contribution in [2.45, 2.75) is 90.4 Å². The molecular weight excluding hydrogens is 563 g/mol. The van der Waals surface area contributed by atoms with Crippen LogP contribution < -0.4 is 5.32 Å². The lowest BCUT2D eigenvalue weighted by Crippen LogP contribution is -2.61. The van der Waals surface area contributed by atoms with Crippen LogP contribution in [0.1, 0.15) is 77.2 Å². The number of likely N-dealkylation sites (tertiary alicyclic amines) is 1. The lowest BCUT2D eigenvalue weighted by Gasteiger charge is -2.53. The third kappa shape index (κ3) is 6.33. The van der Waals surface area contributed by atoms with Gasteiger partial charge in [0.1, 0.15) is 5.41 Å². The van der Waals surface area contributed by atoms with Crippen molar-refractivity contribution in [1.82, 2.24) is 10.2 Å². The number of amides is 2. The molecule has 41 heavy (non-hydrogen) atoms. The zero-order valence-corrected chi connectivity index (χ0v) is 25.8. The van der Waals surface area contributed by atoms with Gasteiger partial charge >= 0.3 is 5.97 Å². The summed E-state index contributed by atoms with van der Waals surface area (Å²) in [6.07, 6.45) is 9.20. The number of benzene rings is 1. The number of esters is 1. The van der Waals surface area contributed by atoms with E-state index < -0.39 is 23.4 Å². The van der Waals surface area contributed by atoms with Crippen LogP contribution in [0.15, 0.2) is 30.0 Å². The summed E-state index contributed by atoms with van der Waals surface area (Å²) >= 11 is 12.7. The first kappa shape index (κ1) is 30.4. The van der Waals surface area contributed by atoms with Crippen molar-refractivity contribution in [3.05, 3.63) is 45.6 Å². The summed E-state index contributed by atoms with van der Waals surface area (Å²) in [6, 6.07) is 5.19. The molecule has 1 saturated heterocycles. The molecule has 2 aliphatic carbocycles. The lowest BCUT2D eigenvalue weighted by molar-refractivity contribution is -0.182. The van der Waals surface area contributed by atoms with Crippen molar-refractivity contribution in [2.75, 3.05) is 13.7 Å². The maximum atomic E-state index is 14.3. The van der Waals surface area contributed by atoms with Crippen molar-refractivity contribution in [3.63, 3.8) is 0 Å². The summed E-state index contributed by atoms with van der Waals surface area (Å²) in [6.45, 7) is 4.92. The van der Waals surface area contributed by atoms with Gasteiger partial charge in [-0.25, -0.2) is 0 Å². The molecule has 1 N–H and O–H groups in total. The number of carbonyl (C=O) groups is 3. The number of nitrogens with one attached hydrogen (secondary N) is 1. The molecule has 2 saturated carbocycles. The van der Waals surface area contributed by atoms with Crippen molar-refractivity contribution < 1.29 is 23.9 Å². The number of hydrogen-bond donors (Lipinski definition) is 1. The largest absolute Gasteiger partial charge is 0.468 e. The molecule has 2 amide bonds. The predicted octanol–water partition coefficient (Wildman–Crippen LogP) is 6.31. The van der Waals surface area contributed by atoms with Crippen molar-refractivity contribution in [3.8, 4) is 0 Å². The quantitative estimate of drug-likeness (QED) is 0.334. The molecule has 0 aromatic heterocycles. The normalized spacial score (nSPS) is 28.7. The fourth-order valence-corrected chi connectivity index (χ4v) is 7.45. The minimum atomic E-state index is -1.19. The second-order valence-electron chi connectivity index (χ2n) is 12.7. The average molecular weight is 606 g/mol. The van der Waals surface area contributed by atoms with Crippen LogP contribution in [0.3, 0.4) is 0 Å². The van der Waals surface area contributed by atoms with Gasteiger partial charge in [0.2, 0.25) is 11.8 Å². The van der Waals surface area contributed by atoms with E-state index in [-0.39, 0.29) is 49.1 Å². The highest BCUT2D eigenvalue weighted by Gasteiger charge is 2.63. The Kier molecular flexibility index (Phi) is 9.37. The standard InChI is InChI=1S/C32H42Cl2N2O5/c1-19(2)26-15-27-32(31(39)40-3,29(41-26)21-9-10-21)16-23(13-28(37)35-17-20-7-5-4-6-8-20)30(38)36(27)18-22-11-12-24(33)14-25(22)34/h11-12,14-15,19-21,23,26,29H,4-10,13,16-18H2,1-3H3,(H,35,37)/t23-,26+,29+,32+/m0/s1. The molecule has 2 aliphatic heterocycles. The highest BCUT2D eigenvalue weighted by Crippen LogP contribution is 2.57. The topological polar surface area (TPSA) is 84.9 Å². The first-order chi connectivity index (χ1) is 19.6. The fourth-order valence-electron chi connectivity index (χ4n) is 6.98. The van der Waals surface area contributed by atoms with Gasteiger partial charge in [0.05, 0.1) is 25.9 Å². The molecule has 4 atom stereocenters. The van der Waals surface area contributed by atoms with E-state index >= 15 is 0 Å². The Morgan fingerprint density at radius 2 is 1.88 bits per heavy atom. The van der Waals surface area contributed by atoms with E-state index in [2.05, 4.69) is 19.2 Å². The molecule has 2 heterocycles. The molecule has 3 fully saturated rings. The highest BCUT2D eigenvalue weighted by atomic mass is 35.5. The van der Waals surface area contributed by atoms with Gasteiger partial charge < -0.3 is 19.7 Å². The van der Waals surface area contributed by atoms with Gasteiger partial charge in [0.25, 0.3) is 0 Å². The zero-order chi connectivity index (χ0) is 29.3. The zero-order valence-electron chi connectivity index (χ0n) is 24.3. The van der Waals surface area contributed by atoms with Crippen LogP contribution in [0.25, 0.3) is 0 Å². The van der Waals surface area contributed by atoms with Crippen LogP contribution in [0, 0.1) is 29.1 Å². The molecule has 1 aromatic carbocycles. The molecule has 4 aliphatic rings. The summed E-state index contributed by atoms with van der Waals surface area (Å²) in [5.74, 6) is -0.667. The molecule has 0 unspecified atom stereocenters. The molecule has 0 spiro atoms. The molecular formula is C32H42Cl2N2O5. The van der Waals surface area contributed by atoms with Crippen LogP contribution in [0.4, 0.5) is 0 Å². The van der Waals surface area contributed by atoms with Crippen LogP contribution in [-0.4, -0.2) is 48.5 Å². The van der Waals surface area contributed by atoms with Crippen LogP contribution in [0.5, 0.6) is 0 Å². The number of piperidine rings is 1. The van der Waals surface area contributed by atoms with E-state index in [0.29, 0.717) is 33.8 Å². The SMILES string of the molecule is COC(=O)[C@]12C[C@H](CC(=O)NCC3CCCCC3)C(=O)N(Cc3ccc(Cl)cc3Cl)C1=C[C@H](C(C)C)O[C@@H]2C1CC1. The number of carbonyl (C=O) groups excluding carboxylic acids is 3. The third-order valence-electron chi connectivity index (χ3n) is 9.39. The Morgan fingerprint density at radius 3 is 2.51 bits per heavy atom. The van der Waals surface area contributed by atoms with Gasteiger partial charge in [-0.05, 0) is 73.6 Å². The Morgan fingerprint density at radius 1 is 1.15 bits per heavy atom. The second kappa shape index (κ2) is 12.6. The van der Waals surface area contributed by atoms with Crippen molar-refractivity contribution >= 4 is 41.0 Å². The maximum Gasteiger partial charge on any atom is 0.320 e. The van der Waals surface area contributed by atoms with E-state index in [4.69, 9.17) is 32.7 Å². The number of halogens is 2. The molecule has 9 heteroatoms. The maximum absolute atomic E-state index is 14.3.